The van der Waals surface area contributed by atoms with E-state index in [0.717, 1.165) is 12.8 Å². The average molecular weight is 280 g/mol. The van der Waals surface area contributed by atoms with Gasteiger partial charge in [0.1, 0.15) is 5.69 Å². The molecule has 0 heterocycles. The number of nitro benzene ring substituents is 1. The SMILES string of the molecule is CCC(CC)CNC(=O)c1ccc(NN)c([N+](=O)[O-])c1. The van der Waals surface area contributed by atoms with E-state index in [9.17, 15) is 14.9 Å². The van der Waals surface area contributed by atoms with Crippen molar-refractivity contribution in [2.24, 2.45) is 11.8 Å². The van der Waals surface area contributed by atoms with Crippen LogP contribution in [0.5, 0.6) is 0 Å². The van der Waals surface area contributed by atoms with Gasteiger partial charge in [-0.2, -0.15) is 0 Å². The summed E-state index contributed by atoms with van der Waals surface area (Å²) in [5.41, 5.74) is 2.44. The molecule has 1 aromatic carbocycles. The van der Waals surface area contributed by atoms with E-state index in [1.807, 2.05) is 0 Å². The van der Waals surface area contributed by atoms with Gasteiger partial charge in [0.25, 0.3) is 11.6 Å². The van der Waals surface area contributed by atoms with E-state index in [0.29, 0.717) is 12.5 Å². The number of nitrogen functional groups attached to an aromatic ring is 1. The molecule has 110 valence electrons. The van der Waals surface area contributed by atoms with Crippen molar-refractivity contribution in [2.45, 2.75) is 26.7 Å². The summed E-state index contributed by atoms with van der Waals surface area (Å²) in [6.45, 7) is 4.69. The maximum atomic E-state index is 12.0. The molecule has 0 atom stereocenters. The minimum Gasteiger partial charge on any atom is -0.352 e. The monoisotopic (exact) mass is 280 g/mol. The average Bonchev–Trinajstić information content (AvgIpc) is 2.47. The highest BCUT2D eigenvalue weighted by molar-refractivity contribution is 5.95. The van der Waals surface area contributed by atoms with Gasteiger partial charge in [-0.1, -0.05) is 26.7 Å². The van der Waals surface area contributed by atoms with Gasteiger partial charge in [0, 0.05) is 18.2 Å². The van der Waals surface area contributed by atoms with Gasteiger partial charge in [-0.3, -0.25) is 20.8 Å². The Morgan fingerprint density at radius 2 is 2.05 bits per heavy atom. The number of nitrogens with one attached hydrogen (secondary N) is 2. The van der Waals surface area contributed by atoms with Crippen LogP contribution in [-0.2, 0) is 0 Å². The van der Waals surface area contributed by atoms with Gasteiger partial charge in [0.15, 0.2) is 0 Å². The van der Waals surface area contributed by atoms with Crippen molar-refractivity contribution in [3.63, 3.8) is 0 Å². The Hall–Kier alpha value is -2.15. The molecule has 0 aliphatic rings. The Balaban J connectivity index is 2.83. The van der Waals surface area contributed by atoms with Crippen molar-refractivity contribution < 1.29 is 9.72 Å². The number of carbonyl (C=O) groups excluding carboxylic acids is 1. The maximum Gasteiger partial charge on any atom is 0.294 e. The molecule has 1 aromatic rings. The summed E-state index contributed by atoms with van der Waals surface area (Å²) in [7, 11) is 0. The fraction of sp³-hybridized carbons (Fsp3) is 0.462. The molecule has 0 aliphatic heterocycles. The smallest absolute Gasteiger partial charge is 0.294 e. The van der Waals surface area contributed by atoms with Crippen LogP contribution in [0.15, 0.2) is 18.2 Å². The van der Waals surface area contributed by atoms with Crippen LogP contribution in [0.4, 0.5) is 11.4 Å². The van der Waals surface area contributed by atoms with Gasteiger partial charge in [-0.05, 0) is 18.1 Å². The number of hydrogen-bond acceptors (Lipinski definition) is 5. The highest BCUT2D eigenvalue weighted by atomic mass is 16.6. The Labute approximate surface area is 117 Å². The molecular weight excluding hydrogens is 260 g/mol. The van der Waals surface area contributed by atoms with Gasteiger partial charge >= 0.3 is 0 Å². The number of hydrazine groups is 1. The number of amides is 1. The second-order valence-corrected chi connectivity index (χ2v) is 4.53. The molecule has 0 unspecified atom stereocenters. The molecule has 20 heavy (non-hydrogen) atoms. The van der Waals surface area contributed by atoms with Crippen LogP contribution < -0.4 is 16.6 Å². The van der Waals surface area contributed by atoms with E-state index in [2.05, 4.69) is 24.6 Å². The van der Waals surface area contributed by atoms with E-state index in [1.54, 1.807) is 0 Å². The van der Waals surface area contributed by atoms with Crippen LogP contribution in [0, 0.1) is 16.0 Å². The molecule has 7 nitrogen and oxygen atoms in total. The lowest BCUT2D eigenvalue weighted by Gasteiger charge is -2.13. The summed E-state index contributed by atoms with van der Waals surface area (Å²) < 4.78 is 0. The van der Waals surface area contributed by atoms with E-state index < -0.39 is 4.92 Å². The Kier molecular flexibility index (Phi) is 5.92. The minimum atomic E-state index is -0.577. The van der Waals surface area contributed by atoms with Crippen LogP contribution >= 0.6 is 0 Å². The molecule has 0 bridgehead atoms. The van der Waals surface area contributed by atoms with Gasteiger partial charge < -0.3 is 10.7 Å². The highest BCUT2D eigenvalue weighted by Crippen LogP contribution is 2.24. The van der Waals surface area contributed by atoms with E-state index in [-0.39, 0.29) is 22.8 Å². The fourth-order valence-corrected chi connectivity index (χ4v) is 1.86. The van der Waals surface area contributed by atoms with Crippen LogP contribution in [0.25, 0.3) is 0 Å². The Bertz CT molecular complexity index is 487. The molecule has 0 aromatic heterocycles. The molecule has 0 spiro atoms. The number of benzene rings is 1. The van der Waals surface area contributed by atoms with Crippen molar-refractivity contribution in [3.8, 4) is 0 Å². The predicted octanol–water partition coefficient (Wildman–Crippen LogP) is 2.05. The number of anilines is 1. The summed E-state index contributed by atoms with van der Waals surface area (Å²) in [4.78, 5) is 22.3. The molecule has 0 aliphatic carbocycles. The van der Waals surface area contributed by atoms with Crippen molar-refractivity contribution in [1.29, 1.82) is 0 Å². The van der Waals surface area contributed by atoms with Crippen LogP contribution in [0.3, 0.4) is 0 Å². The maximum absolute atomic E-state index is 12.0. The molecule has 0 saturated heterocycles. The largest absolute Gasteiger partial charge is 0.352 e. The summed E-state index contributed by atoms with van der Waals surface area (Å²) in [6, 6.07) is 4.14. The van der Waals surface area contributed by atoms with E-state index in [1.165, 1.54) is 18.2 Å². The van der Waals surface area contributed by atoms with E-state index >= 15 is 0 Å². The first-order chi connectivity index (χ1) is 9.53. The third-order valence-corrected chi connectivity index (χ3v) is 3.32. The second-order valence-electron chi connectivity index (χ2n) is 4.53. The third-order valence-electron chi connectivity index (χ3n) is 3.32. The van der Waals surface area contributed by atoms with Gasteiger partial charge in [0.05, 0.1) is 4.92 Å². The highest BCUT2D eigenvalue weighted by Gasteiger charge is 2.17. The molecule has 0 fully saturated rings. The Morgan fingerprint density at radius 1 is 1.40 bits per heavy atom. The number of rotatable bonds is 7. The minimum absolute atomic E-state index is 0.173. The van der Waals surface area contributed by atoms with Crippen LogP contribution in [0.2, 0.25) is 0 Å². The number of nitro groups is 1. The molecular formula is C13H20N4O3. The number of nitrogens with two attached hydrogens (primary N) is 1. The molecule has 1 amide bonds. The lowest BCUT2D eigenvalue weighted by molar-refractivity contribution is -0.384. The molecule has 0 radical (unpaired) electrons. The number of nitrogens with zero attached hydrogens (tertiary/aromatic N) is 1. The van der Waals surface area contributed by atoms with Gasteiger partial charge in [-0.15, -0.1) is 0 Å². The normalized spacial score (nSPS) is 10.4. The zero-order chi connectivity index (χ0) is 15.1. The van der Waals surface area contributed by atoms with Crippen molar-refractivity contribution in [1.82, 2.24) is 5.32 Å². The summed E-state index contributed by atoms with van der Waals surface area (Å²) in [6.07, 6.45) is 1.96. The summed E-state index contributed by atoms with van der Waals surface area (Å²) in [5, 5.41) is 13.7. The standard InChI is InChI=1S/C13H20N4O3/c1-3-9(4-2)8-15-13(18)10-5-6-11(16-14)12(7-10)17(19)20/h5-7,9,16H,3-4,8,14H2,1-2H3,(H,15,18). The quantitative estimate of drug-likeness (QED) is 0.402. The topological polar surface area (TPSA) is 110 Å². The zero-order valence-electron chi connectivity index (χ0n) is 11.7. The molecule has 0 saturated carbocycles. The number of carbonyl (C=O) groups is 1. The first-order valence-corrected chi connectivity index (χ1v) is 6.56. The summed E-state index contributed by atoms with van der Waals surface area (Å²) >= 11 is 0. The van der Waals surface area contributed by atoms with Crippen molar-refractivity contribution in [2.75, 3.05) is 12.0 Å². The molecule has 1 rings (SSSR count). The van der Waals surface area contributed by atoms with E-state index in [4.69, 9.17) is 5.84 Å². The summed E-state index contributed by atoms with van der Waals surface area (Å²) in [5.74, 6) is 5.29. The fourth-order valence-electron chi connectivity index (χ4n) is 1.86. The molecule has 4 N–H and O–H groups in total. The van der Waals surface area contributed by atoms with Gasteiger partial charge in [-0.25, -0.2) is 0 Å². The third kappa shape index (κ3) is 3.92. The first kappa shape index (κ1) is 15.9. The second kappa shape index (κ2) is 7.44. The van der Waals surface area contributed by atoms with Crippen LogP contribution in [-0.4, -0.2) is 17.4 Å². The number of hydrogen-bond donors (Lipinski definition) is 3. The van der Waals surface area contributed by atoms with Gasteiger partial charge in [0.2, 0.25) is 0 Å². The Morgan fingerprint density at radius 3 is 2.55 bits per heavy atom. The zero-order valence-corrected chi connectivity index (χ0v) is 11.7. The van der Waals surface area contributed by atoms with Crippen molar-refractivity contribution in [3.05, 3.63) is 33.9 Å². The van der Waals surface area contributed by atoms with Crippen molar-refractivity contribution >= 4 is 17.3 Å². The lowest BCUT2D eigenvalue weighted by atomic mass is 10.0. The molecule has 7 heteroatoms. The first-order valence-electron chi connectivity index (χ1n) is 6.56. The predicted molar refractivity (Wildman–Crippen MR) is 77.3 cm³/mol. The van der Waals surface area contributed by atoms with Crippen LogP contribution in [0.1, 0.15) is 37.0 Å². The lowest BCUT2D eigenvalue weighted by Crippen LogP contribution is -2.29.